The third-order valence-electron chi connectivity index (χ3n) is 3.35. The Morgan fingerprint density at radius 2 is 2.05 bits per heavy atom. The Balaban J connectivity index is 1.94. The topological polar surface area (TPSA) is 93.8 Å². The molecule has 21 heavy (non-hydrogen) atoms. The molecule has 1 amide bonds. The first-order chi connectivity index (χ1) is 10.1. The van der Waals surface area contributed by atoms with Gasteiger partial charge >= 0.3 is 6.09 Å². The van der Waals surface area contributed by atoms with Crippen molar-refractivity contribution in [3.63, 3.8) is 0 Å². The molecule has 0 bridgehead atoms. The van der Waals surface area contributed by atoms with E-state index < -0.39 is 11.0 Å². The zero-order valence-corrected chi connectivity index (χ0v) is 11.8. The fraction of sp³-hybridized carbons (Fsp3) is 0.429. The van der Waals surface area contributed by atoms with E-state index in [4.69, 9.17) is 4.84 Å². The predicted molar refractivity (Wildman–Crippen MR) is 78.5 cm³/mol. The summed E-state index contributed by atoms with van der Waals surface area (Å²) in [6, 6.07) is 4.20. The number of nitro groups is 1. The van der Waals surface area contributed by atoms with Crippen molar-refractivity contribution >= 4 is 23.2 Å². The third-order valence-corrected chi connectivity index (χ3v) is 3.35. The SMILES string of the molecule is Cc1cc([N+](=O)[O-])ccc1NC(=O)ON=C1CCCCC1. The second-order valence-electron chi connectivity index (χ2n) is 4.98. The van der Waals surface area contributed by atoms with Crippen molar-refractivity contribution in [3.8, 4) is 0 Å². The summed E-state index contributed by atoms with van der Waals surface area (Å²) in [4.78, 5) is 26.6. The molecule has 0 spiro atoms. The Bertz CT molecular complexity index is 576. The molecule has 7 heteroatoms. The van der Waals surface area contributed by atoms with Crippen LogP contribution in [0, 0.1) is 17.0 Å². The maximum Gasteiger partial charge on any atom is 0.437 e. The smallest absolute Gasteiger partial charge is 0.298 e. The normalized spacial score (nSPS) is 14.4. The van der Waals surface area contributed by atoms with Gasteiger partial charge in [-0.3, -0.25) is 20.3 Å². The van der Waals surface area contributed by atoms with Crippen LogP contribution in [0.3, 0.4) is 0 Å². The van der Waals surface area contributed by atoms with Gasteiger partial charge in [-0.05, 0) is 44.2 Å². The number of anilines is 1. The second-order valence-corrected chi connectivity index (χ2v) is 4.98. The Kier molecular flexibility index (Phi) is 4.86. The number of benzene rings is 1. The zero-order chi connectivity index (χ0) is 15.2. The van der Waals surface area contributed by atoms with Crippen LogP contribution >= 0.6 is 0 Å². The number of rotatable bonds is 3. The van der Waals surface area contributed by atoms with Crippen molar-refractivity contribution in [2.24, 2.45) is 5.16 Å². The molecular weight excluding hydrogens is 274 g/mol. The van der Waals surface area contributed by atoms with Crippen LogP contribution in [0.15, 0.2) is 23.4 Å². The molecule has 2 rings (SSSR count). The molecular formula is C14H17N3O4. The zero-order valence-electron chi connectivity index (χ0n) is 11.8. The molecule has 1 fully saturated rings. The Labute approximate surface area is 122 Å². The minimum absolute atomic E-state index is 0.0196. The molecule has 0 heterocycles. The highest BCUT2D eigenvalue weighted by atomic mass is 16.7. The van der Waals surface area contributed by atoms with Crippen LogP contribution in [-0.4, -0.2) is 16.7 Å². The Morgan fingerprint density at radius 3 is 2.67 bits per heavy atom. The molecule has 1 aromatic rings. The summed E-state index contributed by atoms with van der Waals surface area (Å²) in [5, 5.41) is 17.0. The number of carbonyl (C=O) groups is 1. The van der Waals surface area contributed by atoms with Gasteiger partial charge in [0.05, 0.1) is 10.6 Å². The van der Waals surface area contributed by atoms with E-state index in [0.29, 0.717) is 11.3 Å². The molecule has 112 valence electrons. The maximum atomic E-state index is 11.7. The van der Waals surface area contributed by atoms with Gasteiger partial charge in [-0.1, -0.05) is 11.6 Å². The molecule has 1 aliphatic carbocycles. The van der Waals surface area contributed by atoms with Gasteiger partial charge in [0.25, 0.3) is 5.69 Å². The summed E-state index contributed by atoms with van der Waals surface area (Å²) < 4.78 is 0. The van der Waals surface area contributed by atoms with Crippen LogP contribution in [0.5, 0.6) is 0 Å². The predicted octanol–water partition coefficient (Wildman–Crippen LogP) is 3.77. The highest BCUT2D eigenvalue weighted by Crippen LogP contribution is 2.21. The number of hydrogen-bond acceptors (Lipinski definition) is 5. The van der Waals surface area contributed by atoms with Gasteiger partial charge in [-0.25, -0.2) is 4.79 Å². The van der Waals surface area contributed by atoms with E-state index in [1.807, 2.05) is 0 Å². The molecule has 0 radical (unpaired) electrons. The van der Waals surface area contributed by atoms with Gasteiger partial charge in [-0.2, -0.15) is 0 Å². The summed E-state index contributed by atoms with van der Waals surface area (Å²) in [6.45, 7) is 1.68. The monoisotopic (exact) mass is 291 g/mol. The van der Waals surface area contributed by atoms with Crippen molar-refractivity contribution in [1.82, 2.24) is 0 Å². The summed E-state index contributed by atoms with van der Waals surface area (Å²) in [5.41, 5.74) is 1.94. The van der Waals surface area contributed by atoms with Crippen LogP contribution in [0.2, 0.25) is 0 Å². The number of carbonyl (C=O) groups excluding carboxylic acids is 1. The van der Waals surface area contributed by atoms with Crippen molar-refractivity contribution in [3.05, 3.63) is 33.9 Å². The van der Waals surface area contributed by atoms with E-state index in [9.17, 15) is 14.9 Å². The minimum Gasteiger partial charge on any atom is -0.298 e. The van der Waals surface area contributed by atoms with Gasteiger partial charge in [-0.15, -0.1) is 0 Å². The average molecular weight is 291 g/mol. The molecule has 1 aliphatic rings. The molecule has 0 aliphatic heterocycles. The van der Waals surface area contributed by atoms with E-state index in [1.165, 1.54) is 24.6 Å². The summed E-state index contributed by atoms with van der Waals surface area (Å²) in [7, 11) is 0. The number of oxime groups is 1. The largest absolute Gasteiger partial charge is 0.437 e. The average Bonchev–Trinajstić information content (AvgIpc) is 2.48. The van der Waals surface area contributed by atoms with E-state index >= 15 is 0 Å². The highest BCUT2D eigenvalue weighted by Gasteiger charge is 2.12. The van der Waals surface area contributed by atoms with Crippen molar-refractivity contribution in [2.75, 3.05) is 5.32 Å². The Morgan fingerprint density at radius 1 is 1.33 bits per heavy atom. The molecule has 1 saturated carbocycles. The summed E-state index contributed by atoms with van der Waals surface area (Å²) in [5.74, 6) is 0. The number of amides is 1. The lowest BCUT2D eigenvalue weighted by molar-refractivity contribution is -0.384. The van der Waals surface area contributed by atoms with Crippen molar-refractivity contribution in [1.29, 1.82) is 0 Å². The molecule has 7 nitrogen and oxygen atoms in total. The fourth-order valence-corrected chi connectivity index (χ4v) is 2.19. The molecule has 1 N–H and O–H groups in total. The molecule has 1 aromatic carbocycles. The summed E-state index contributed by atoms with van der Waals surface area (Å²) >= 11 is 0. The summed E-state index contributed by atoms with van der Waals surface area (Å²) in [6.07, 6.45) is 4.38. The van der Waals surface area contributed by atoms with Gasteiger partial charge in [0, 0.05) is 17.8 Å². The molecule has 0 saturated heterocycles. The van der Waals surface area contributed by atoms with E-state index in [1.54, 1.807) is 6.92 Å². The fourth-order valence-electron chi connectivity index (χ4n) is 2.19. The minimum atomic E-state index is -0.690. The van der Waals surface area contributed by atoms with Crippen LogP contribution in [0.25, 0.3) is 0 Å². The first-order valence-corrected chi connectivity index (χ1v) is 6.85. The third kappa shape index (κ3) is 4.27. The first-order valence-electron chi connectivity index (χ1n) is 6.85. The van der Waals surface area contributed by atoms with Crippen LogP contribution in [0.4, 0.5) is 16.2 Å². The van der Waals surface area contributed by atoms with Crippen LogP contribution in [0.1, 0.15) is 37.7 Å². The number of aryl methyl sites for hydroxylation is 1. The van der Waals surface area contributed by atoms with E-state index in [0.717, 1.165) is 31.4 Å². The van der Waals surface area contributed by atoms with Gasteiger partial charge in [0.15, 0.2) is 0 Å². The lowest BCUT2D eigenvalue weighted by Crippen LogP contribution is -2.14. The lowest BCUT2D eigenvalue weighted by atomic mass is 9.99. The number of non-ortho nitro benzene ring substituents is 1. The van der Waals surface area contributed by atoms with Crippen molar-refractivity contribution in [2.45, 2.75) is 39.0 Å². The quantitative estimate of drug-likeness (QED) is 0.521. The lowest BCUT2D eigenvalue weighted by Gasteiger charge is -2.11. The van der Waals surface area contributed by atoms with Crippen molar-refractivity contribution < 1.29 is 14.6 Å². The van der Waals surface area contributed by atoms with Gasteiger partial charge in [0.1, 0.15) is 0 Å². The number of hydrogen-bond donors (Lipinski definition) is 1. The van der Waals surface area contributed by atoms with Crippen LogP contribution < -0.4 is 5.32 Å². The number of nitrogens with one attached hydrogen (secondary N) is 1. The van der Waals surface area contributed by atoms with Gasteiger partial charge < -0.3 is 0 Å². The Hall–Kier alpha value is -2.44. The highest BCUT2D eigenvalue weighted by molar-refractivity contribution is 5.88. The first kappa shape index (κ1) is 15.0. The van der Waals surface area contributed by atoms with E-state index in [2.05, 4.69) is 10.5 Å². The second kappa shape index (κ2) is 6.83. The number of nitro benzene ring substituents is 1. The maximum absolute atomic E-state index is 11.7. The van der Waals surface area contributed by atoms with Crippen LogP contribution in [-0.2, 0) is 4.84 Å². The number of nitrogens with zero attached hydrogens (tertiary/aromatic N) is 2. The molecule has 0 aromatic heterocycles. The standard InChI is InChI=1S/C14H17N3O4/c1-10-9-12(17(19)20)7-8-13(10)15-14(18)21-16-11-5-3-2-4-6-11/h7-9H,2-6H2,1H3,(H,15,18). The van der Waals surface area contributed by atoms with Gasteiger partial charge in [0.2, 0.25) is 0 Å². The van der Waals surface area contributed by atoms with E-state index in [-0.39, 0.29) is 5.69 Å². The molecule has 0 unspecified atom stereocenters. The molecule has 0 atom stereocenters.